The maximum absolute atomic E-state index is 5.94. The highest BCUT2D eigenvalue weighted by atomic mass is 79.9. The number of imidazole rings is 1. The molecule has 2 aromatic rings. The molecule has 0 unspecified atom stereocenters. The number of fused-ring (bicyclic) bond motifs is 1. The normalized spacial score (nSPS) is 11.5. The van der Waals surface area contributed by atoms with Gasteiger partial charge in [-0.2, -0.15) is 0 Å². The van der Waals surface area contributed by atoms with Gasteiger partial charge in [0.15, 0.2) is 0 Å². The van der Waals surface area contributed by atoms with Crippen molar-refractivity contribution in [3.63, 3.8) is 0 Å². The van der Waals surface area contributed by atoms with E-state index in [0.29, 0.717) is 5.92 Å². The second-order valence-corrected chi connectivity index (χ2v) is 4.71. The van der Waals surface area contributed by atoms with Crippen LogP contribution in [0.2, 0.25) is 5.02 Å². The van der Waals surface area contributed by atoms with Gasteiger partial charge in [-0.1, -0.05) is 25.4 Å². The minimum absolute atomic E-state index is 0.382. The van der Waals surface area contributed by atoms with Gasteiger partial charge in [0.2, 0.25) is 0 Å². The van der Waals surface area contributed by atoms with Crippen LogP contribution in [0.1, 0.15) is 25.6 Å². The zero-order chi connectivity index (χ0) is 10.3. The van der Waals surface area contributed by atoms with Crippen molar-refractivity contribution in [2.75, 3.05) is 0 Å². The molecule has 0 saturated carbocycles. The van der Waals surface area contributed by atoms with E-state index in [2.05, 4.69) is 34.8 Å². The summed E-state index contributed by atoms with van der Waals surface area (Å²) in [6.07, 6.45) is 1.89. The van der Waals surface area contributed by atoms with E-state index in [1.807, 2.05) is 22.7 Å². The molecule has 0 aliphatic heterocycles. The summed E-state index contributed by atoms with van der Waals surface area (Å²) in [4.78, 5) is 4.45. The van der Waals surface area contributed by atoms with Crippen LogP contribution in [0.3, 0.4) is 0 Å². The second-order valence-electron chi connectivity index (χ2n) is 3.52. The van der Waals surface area contributed by atoms with Crippen LogP contribution >= 0.6 is 27.5 Å². The minimum Gasteiger partial charge on any atom is -0.301 e. The third-order valence-corrected chi connectivity index (χ3v) is 2.91. The molecule has 0 amide bonds. The van der Waals surface area contributed by atoms with Crippen LogP contribution in [0.5, 0.6) is 0 Å². The van der Waals surface area contributed by atoms with Gasteiger partial charge in [0.25, 0.3) is 0 Å². The summed E-state index contributed by atoms with van der Waals surface area (Å²) >= 11 is 9.38. The third-order valence-electron chi connectivity index (χ3n) is 2.10. The van der Waals surface area contributed by atoms with Gasteiger partial charge < -0.3 is 4.40 Å². The minimum atomic E-state index is 0.382. The van der Waals surface area contributed by atoms with Crippen LogP contribution in [0.15, 0.2) is 22.9 Å². The number of nitrogens with zero attached hydrogens (tertiary/aromatic N) is 2. The molecule has 4 heteroatoms. The van der Waals surface area contributed by atoms with Gasteiger partial charge in [0, 0.05) is 12.1 Å². The molecule has 0 saturated heterocycles. The Morgan fingerprint density at radius 2 is 2.14 bits per heavy atom. The van der Waals surface area contributed by atoms with Crippen LogP contribution in [0, 0.1) is 0 Å². The molecule has 14 heavy (non-hydrogen) atoms. The van der Waals surface area contributed by atoms with Crippen LogP contribution in [-0.2, 0) is 0 Å². The largest absolute Gasteiger partial charge is 0.301 e. The average Bonchev–Trinajstić information content (AvgIpc) is 2.43. The summed E-state index contributed by atoms with van der Waals surface area (Å²) in [7, 11) is 0. The second kappa shape index (κ2) is 3.55. The van der Waals surface area contributed by atoms with Crippen LogP contribution in [0.4, 0.5) is 0 Å². The van der Waals surface area contributed by atoms with Crippen molar-refractivity contribution in [1.82, 2.24) is 9.38 Å². The van der Waals surface area contributed by atoms with Gasteiger partial charge in [0.1, 0.15) is 10.4 Å². The SMILES string of the molecule is CC(C)c1nc(Br)c2ccc(Cl)cn12. The first-order chi connectivity index (χ1) is 6.59. The van der Waals surface area contributed by atoms with Crippen molar-refractivity contribution in [3.05, 3.63) is 33.8 Å². The van der Waals surface area contributed by atoms with Crippen LogP contribution < -0.4 is 0 Å². The lowest BCUT2D eigenvalue weighted by molar-refractivity contribution is 0.769. The molecule has 0 aliphatic carbocycles. The van der Waals surface area contributed by atoms with E-state index in [9.17, 15) is 0 Å². The van der Waals surface area contributed by atoms with Crippen LogP contribution in [-0.4, -0.2) is 9.38 Å². The Kier molecular flexibility index (Phi) is 2.54. The molecule has 0 spiro atoms. The van der Waals surface area contributed by atoms with Crippen molar-refractivity contribution < 1.29 is 0 Å². The average molecular weight is 274 g/mol. The van der Waals surface area contributed by atoms with E-state index in [0.717, 1.165) is 21.0 Å². The highest BCUT2D eigenvalue weighted by Crippen LogP contribution is 2.24. The van der Waals surface area contributed by atoms with Gasteiger partial charge in [-0.15, -0.1) is 0 Å². The highest BCUT2D eigenvalue weighted by Gasteiger charge is 2.11. The molecule has 2 rings (SSSR count). The number of rotatable bonds is 1. The predicted molar refractivity (Wildman–Crippen MR) is 62.0 cm³/mol. The Balaban J connectivity index is 2.79. The standard InChI is InChI=1S/C10H10BrClN2/c1-6(2)10-13-9(11)8-4-3-7(12)5-14(8)10/h3-6H,1-2H3. The Morgan fingerprint density at radius 3 is 2.79 bits per heavy atom. The molecule has 2 aromatic heterocycles. The molecule has 0 bridgehead atoms. The van der Waals surface area contributed by atoms with Crippen molar-refractivity contribution in [2.45, 2.75) is 19.8 Å². The molecule has 2 nitrogen and oxygen atoms in total. The monoisotopic (exact) mass is 272 g/mol. The lowest BCUT2D eigenvalue weighted by atomic mass is 10.2. The molecule has 0 fully saturated rings. The molecular weight excluding hydrogens is 263 g/mol. The van der Waals surface area contributed by atoms with Gasteiger partial charge in [-0.25, -0.2) is 4.98 Å². The quantitative estimate of drug-likeness (QED) is 0.771. The first-order valence-electron chi connectivity index (χ1n) is 4.42. The first-order valence-corrected chi connectivity index (χ1v) is 5.59. The van der Waals surface area contributed by atoms with Gasteiger partial charge in [-0.3, -0.25) is 0 Å². The highest BCUT2D eigenvalue weighted by molar-refractivity contribution is 9.10. The zero-order valence-electron chi connectivity index (χ0n) is 7.96. The lowest BCUT2D eigenvalue weighted by Gasteiger charge is -2.03. The lowest BCUT2D eigenvalue weighted by Crippen LogP contribution is -1.96. The van der Waals surface area contributed by atoms with Gasteiger partial charge in [0.05, 0.1) is 10.5 Å². The molecule has 0 atom stereocenters. The zero-order valence-corrected chi connectivity index (χ0v) is 10.3. The number of hydrogen-bond acceptors (Lipinski definition) is 1. The summed E-state index contributed by atoms with van der Waals surface area (Å²) in [5.41, 5.74) is 1.05. The number of pyridine rings is 1. The van der Waals surface area contributed by atoms with E-state index >= 15 is 0 Å². The topological polar surface area (TPSA) is 17.3 Å². The maximum atomic E-state index is 5.94. The summed E-state index contributed by atoms with van der Waals surface area (Å²) in [5, 5.41) is 0.726. The fraction of sp³-hybridized carbons (Fsp3) is 0.300. The molecule has 0 aromatic carbocycles. The van der Waals surface area contributed by atoms with E-state index in [-0.39, 0.29) is 0 Å². The molecule has 0 radical (unpaired) electrons. The molecular formula is C10H10BrClN2. The van der Waals surface area contributed by atoms with E-state index in [1.165, 1.54) is 0 Å². The predicted octanol–water partition coefficient (Wildman–Crippen LogP) is 3.87. The number of aromatic nitrogens is 2. The van der Waals surface area contributed by atoms with Crippen molar-refractivity contribution >= 4 is 33.0 Å². The number of hydrogen-bond donors (Lipinski definition) is 0. The van der Waals surface area contributed by atoms with Gasteiger partial charge >= 0.3 is 0 Å². The molecule has 0 N–H and O–H groups in total. The van der Waals surface area contributed by atoms with Crippen LogP contribution in [0.25, 0.3) is 5.52 Å². The van der Waals surface area contributed by atoms with Crippen molar-refractivity contribution in [3.8, 4) is 0 Å². The van der Waals surface area contributed by atoms with E-state index in [4.69, 9.17) is 11.6 Å². The molecule has 0 aliphatic rings. The smallest absolute Gasteiger partial charge is 0.132 e. The van der Waals surface area contributed by atoms with Crippen molar-refractivity contribution in [2.24, 2.45) is 0 Å². The summed E-state index contributed by atoms with van der Waals surface area (Å²) in [5.74, 6) is 1.40. The fourth-order valence-electron chi connectivity index (χ4n) is 1.45. The van der Waals surface area contributed by atoms with E-state index < -0.39 is 0 Å². The number of halogens is 2. The third kappa shape index (κ3) is 1.55. The fourth-order valence-corrected chi connectivity index (χ4v) is 2.12. The Labute approximate surface area is 96.0 Å². The molecule has 2 heterocycles. The van der Waals surface area contributed by atoms with E-state index in [1.54, 1.807) is 0 Å². The first kappa shape index (κ1) is 9.99. The molecule has 74 valence electrons. The Hall–Kier alpha value is -0.540. The summed E-state index contributed by atoms with van der Waals surface area (Å²) < 4.78 is 2.90. The van der Waals surface area contributed by atoms with Crippen molar-refractivity contribution in [1.29, 1.82) is 0 Å². The Morgan fingerprint density at radius 1 is 1.43 bits per heavy atom. The Bertz CT molecular complexity index is 476. The summed E-state index contributed by atoms with van der Waals surface area (Å²) in [6, 6.07) is 3.83. The van der Waals surface area contributed by atoms with Gasteiger partial charge in [-0.05, 0) is 28.1 Å². The maximum Gasteiger partial charge on any atom is 0.132 e. The summed E-state index contributed by atoms with van der Waals surface area (Å²) in [6.45, 7) is 4.23.